The fourth-order valence-corrected chi connectivity index (χ4v) is 2.22. The van der Waals surface area contributed by atoms with Crippen molar-refractivity contribution in [2.75, 3.05) is 23.3 Å². The van der Waals surface area contributed by atoms with Crippen molar-refractivity contribution < 1.29 is 18.7 Å². The summed E-state index contributed by atoms with van der Waals surface area (Å²) in [5.41, 5.74) is 10.9. The molecule has 1 saturated heterocycles. The summed E-state index contributed by atoms with van der Waals surface area (Å²) in [5.74, 6) is 5.04. The number of nitrogens with zero attached hydrogens (tertiary/aromatic N) is 2. The van der Waals surface area contributed by atoms with E-state index in [9.17, 15) is 14.0 Å². The van der Waals surface area contributed by atoms with E-state index in [-0.39, 0.29) is 24.5 Å². The second kappa shape index (κ2) is 8.02. The van der Waals surface area contributed by atoms with Crippen molar-refractivity contribution in [3.05, 3.63) is 48.3 Å². The predicted octanol–water partition coefficient (Wildman–Crippen LogP) is 0.167. The summed E-state index contributed by atoms with van der Waals surface area (Å²) in [6.07, 6.45) is 3.23. The minimum absolute atomic E-state index is 0.0766. The number of anilines is 2. The summed E-state index contributed by atoms with van der Waals surface area (Å²) in [4.78, 5) is 23.7. The van der Waals surface area contributed by atoms with E-state index in [0.29, 0.717) is 12.0 Å². The standard InChI is InChI=1S/C15H19FN6O3/c16-13-5-11(1-2-14(13)20-6-10(18)9-23)22-8-12(25-15(22)24)7-21(19)4-3-17/h1-6,9,12,20H,7-8,17-19H2/b4-3-,10-6-. The van der Waals surface area contributed by atoms with Crippen LogP contribution in [0.15, 0.2) is 42.5 Å². The Labute approximate surface area is 143 Å². The summed E-state index contributed by atoms with van der Waals surface area (Å²) >= 11 is 0. The molecule has 134 valence electrons. The molecular weight excluding hydrogens is 331 g/mol. The monoisotopic (exact) mass is 350 g/mol. The van der Waals surface area contributed by atoms with Crippen LogP contribution in [0, 0.1) is 5.82 Å². The zero-order valence-electron chi connectivity index (χ0n) is 13.3. The maximum atomic E-state index is 14.1. The van der Waals surface area contributed by atoms with Gasteiger partial charge in [0.25, 0.3) is 0 Å². The number of hydrazine groups is 1. The van der Waals surface area contributed by atoms with Gasteiger partial charge in [-0.15, -0.1) is 0 Å². The van der Waals surface area contributed by atoms with Crippen molar-refractivity contribution in [3.8, 4) is 0 Å². The molecule has 0 aliphatic carbocycles. The van der Waals surface area contributed by atoms with Gasteiger partial charge in [0.15, 0.2) is 6.29 Å². The van der Waals surface area contributed by atoms with Crippen LogP contribution < -0.4 is 27.5 Å². The molecule has 1 aliphatic heterocycles. The quantitative estimate of drug-likeness (QED) is 0.236. The van der Waals surface area contributed by atoms with E-state index in [1.165, 1.54) is 40.6 Å². The van der Waals surface area contributed by atoms with Crippen LogP contribution in [0.1, 0.15) is 0 Å². The number of hydrogen-bond acceptors (Lipinski definition) is 8. The van der Waals surface area contributed by atoms with Gasteiger partial charge in [-0.05, 0) is 18.2 Å². The van der Waals surface area contributed by atoms with Crippen molar-refractivity contribution in [2.45, 2.75) is 6.10 Å². The van der Waals surface area contributed by atoms with Crippen LogP contribution in [0.3, 0.4) is 0 Å². The first-order valence-electron chi connectivity index (χ1n) is 7.29. The van der Waals surface area contributed by atoms with E-state index in [4.69, 9.17) is 22.0 Å². The van der Waals surface area contributed by atoms with Gasteiger partial charge in [0.2, 0.25) is 0 Å². The molecule has 10 heteroatoms. The number of nitrogens with two attached hydrogens (primary N) is 3. The van der Waals surface area contributed by atoms with Crippen LogP contribution >= 0.6 is 0 Å². The molecule has 1 atom stereocenters. The van der Waals surface area contributed by atoms with Gasteiger partial charge in [0.05, 0.1) is 30.2 Å². The second-order valence-corrected chi connectivity index (χ2v) is 5.23. The smallest absolute Gasteiger partial charge is 0.414 e. The van der Waals surface area contributed by atoms with E-state index in [0.717, 1.165) is 0 Å². The van der Waals surface area contributed by atoms with Gasteiger partial charge < -0.3 is 26.5 Å². The van der Waals surface area contributed by atoms with Crippen molar-refractivity contribution in [3.63, 3.8) is 0 Å². The second-order valence-electron chi connectivity index (χ2n) is 5.23. The van der Waals surface area contributed by atoms with Crippen LogP contribution in [-0.4, -0.2) is 36.6 Å². The third-order valence-corrected chi connectivity index (χ3v) is 3.36. The number of nitrogens with one attached hydrogen (secondary N) is 1. The van der Waals surface area contributed by atoms with E-state index in [1.807, 2.05) is 0 Å². The zero-order chi connectivity index (χ0) is 18.4. The number of cyclic esters (lactones) is 1. The normalized spacial score (nSPS) is 17.7. The Hall–Kier alpha value is -3.27. The van der Waals surface area contributed by atoms with Gasteiger partial charge >= 0.3 is 6.09 Å². The van der Waals surface area contributed by atoms with Gasteiger partial charge in [-0.2, -0.15) is 0 Å². The van der Waals surface area contributed by atoms with E-state index in [1.54, 1.807) is 6.07 Å². The topological polar surface area (TPSA) is 140 Å². The van der Waals surface area contributed by atoms with Crippen molar-refractivity contribution in [2.24, 2.45) is 17.3 Å². The number of carbonyl (C=O) groups is 2. The maximum Gasteiger partial charge on any atom is 0.414 e. The Kier molecular flexibility index (Phi) is 5.79. The highest BCUT2D eigenvalue weighted by atomic mass is 19.1. The molecule has 9 nitrogen and oxygen atoms in total. The zero-order valence-corrected chi connectivity index (χ0v) is 13.3. The summed E-state index contributed by atoms with van der Waals surface area (Å²) in [6, 6.07) is 4.14. The molecule has 1 aromatic rings. The molecule has 0 bridgehead atoms. The number of halogens is 1. The number of hydrogen-bond donors (Lipinski definition) is 4. The molecule has 1 fully saturated rings. The van der Waals surface area contributed by atoms with Gasteiger partial charge in [-0.3, -0.25) is 9.69 Å². The fraction of sp³-hybridized carbons (Fsp3) is 0.200. The third-order valence-electron chi connectivity index (χ3n) is 3.36. The Morgan fingerprint density at radius 1 is 1.52 bits per heavy atom. The maximum absolute atomic E-state index is 14.1. The molecule has 7 N–H and O–H groups in total. The molecule has 1 aliphatic rings. The van der Waals surface area contributed by atoms with Gasteiger partial charge in [-0.1, -0.05) is 0 Å². The molecular formula is C15H19FN6O3. The minimum Gasteiger partial charge on any atom is -0.442 e. The first-order valence-corrected chi connectivity index (χ1v) is 7.29. The average molecular weight is 350 g/mol. The number of allylic oxidation sites excluding steroid dienone is 1. The minimum atomic E-state index is -0.616. The predicted molar refractivity (Wildman–Crippen MR) is 90.2 cm³/mol. The van der Waals surface area contributed by atoms with E-state index >= 15 is 0 Å². The molecule has 0 spiro atoms. The highest BCUT2D eigenvalue weighted by Gasteiger charge is 2.33. The van der Waals surface area contributed by atoms with Crippen LogP contribution in [0.2, 0.25) is 0 Å². The van der Waals surface area contributed by atoms with Crippen LogP contribution in [0.4, 0.5) is 20.6 Å². The number of benzene rings is 1. The Balaban J connectivity index is 2.07. The fourth-order valence-electron chi connectivity index (χ4n) is 2.22. The molecule has 1 heterocycles. The Bertz CT molecular complexity index is 709. The number of rotatable bonds is 7. The molecule has 0 radical (unpaired) electrons. The van der Waals surface area contributed by atoms with Crippen LogP contribution in [0.25, 0.3) is 0 Å². The number of amides is 1. The molecule has 1 unspecified atom stereocenters. The molecule has 0 aromatic heterocycles. The van der Waals surface area contributed by atoms with Crippen LogP contribution in [0.5, 0.6) is 0 Å². The lowest BCUT2D eigenvalue weighted by molar-refractivity contribution is -0.104. The number of carbonyl (C=O) groups excluding carboxylic acids is 2. The molecule has 1 amide bonds. The summed E-state index contributed by atoms with van der Waals surface area (Å²) in [5, 5.41) is 3.86. The van der Waals surface area contributed by atoms with Crippen molar-refractivity contribution >= 4 is 23.8 Å². The number of aldehydes is 1. The first kappa shape index (κ1) is 18.1. The molecule has 1 aromatic carbocycles. The molecule has 0 saturated carbocycles. The Morgan fingerprint density at radius 2 is 2.28 bits per heavy atom. The highest BCUT2D eigenvalue weighted by Crippen LogP contribution is 2.26. The van der Waals surface area contributed by atoms with Gasteiger partial charge in [-0.25, -0.2) is 15.0 Å². The first-order chi connectivity index (χ1) is 11.9. The van der Waals surface area contributed by atoms with Crippen LogP contribution in [-0.2, 0) is 9.53 Å². The molecule has 25 heavy (non-hydrogen) atoms. The lowest BCUT2D eigenvalue weighted by atomic mass is 10.2. The van der Waals surface area contributed by atoms with E-state index in [2.05, 4.69) is 5.32 Å². The summed E-state index contributed by atoms with van der Waals surface area (Å²) in [7, 11) is 0. The third kappa shape index (κ3) is 4.61. The highest BCUT2D eigenvalue weighted by molar-refractivity contribution is 5.90. The summed E-state index contributed by atoms with van der Waals surface area (Å²) in [6.45, 7) is 0.461. The van der Waals surface area contributed by atoms with Gasteiger partial charge in [0.1, 0.15) is 11.9 Å². The van der Waals surface area contributed by atoms with Crippen molar-refractivity contribution in [1.82, 2.24) is 5.01 Å². The van der Waals surface area contributed by atoms with Crippen molar-refractivity contribution in [1.29, 1.82) is 0 Å². The lowest BCUT2D eigenvalue weighted by Gasteiger charge is -2.17. The Morgan fingerprint density at radius 3 is 2.92 bits per heavy atom. The average Bonchev–Trinajstić information content (AvgIpc) is 2.93. The summed E-state index contributed by atoms with van der Waals surface area (Å²) < 4.78 is 19.3. The lowest BCUT2D eigenvalue weighted by Crippen LogP contribution is -2.36. The largest absolute Gasteiger partial charge is 0.442 e. The molecule has 2 rings (SSSR count). The van der Waals surface area contributed by atoms with Gasteiger partial charge in [0, 0.05) is 18.6 Å². The SMILES string of the molecule is N/C=C\N(N)CC1CN(c2ccc(N/C=C(\N)C=O)c(F)c2)C(=O)O1. The number of ether oxygens (including phenoxy) is 1. The van der Waals surface area contributed by atoms with E-state index < -0.39 is 18.0 Å².